The van der Waals surface area contributed by atoms with Gasteiger partial charge in [-0.25, -0.2) is 17.6 Å². The molecule has 0 saturated heterocycles. The van der Waals surface area contributed by atoms with E-state index in [9.17, 15) is 26.3 Å². The zero-order valence-electron chi connectivity index (χ0n) is 25.9. The number of furan rings is 1. The quantitative estimate of drug-likeness (QED) is 0.160. The lowest BCUT2D eigenvalue weighted by atomic mass is 10.0. The molecule has 0 bridgehead atoms. The Labute approximate surface area is 257 Å². The van der Waals surface area contributed by atoms with Crippen LogP contribution in [0, 0.1) is 62.6 Å². The van der Waals surface area contributed by atoms with E-state index in [2.05, 4.69) is 0 Å². The third-order valence-electron chi connectivity index (χ3n) is 8.19. The van der Waals surface area contributed by atoms with E-state index in [1.54, 1.807) is 64.1 Å². The average molecular weight is 629 g/mol. The van der Waals surface area contributed by atoms with Crippen molar-refractivity contribution in [1.29, 1.82) is 0 Å². The summed E-state index contributed by atoms with van der Waals surface area (Å²) in [6.45, 7) is 10.2. The van der Waals surface area contributed by atoms with Gasteiger partial charge in [-0.15, -0.1) is 0 Å². The number of hydrogen-bond acceptors (Lipinski definition) is 3. The SMILES string of the molecule is Cc1cc2c(c(F)c1F)OC(C)CC2.Cc1cc2c(c(F)c1F)OC(C)CC2.Cc1ccc2c(oc3c(F)c(C)ccc32)c1F. The van der Waals surface area contributed by atoms with Gasteiger partial charge in [-0.1, -0.05) is 24.3 Å². The summed E-state index contributed by atoms with van der Waals surface area (Å²) in [5.41, 5.74) is 3.49. The van der Waals surface area contributed by atoms with Gasteiger partial charge in [0, 0.05) is 10.8 Å². The molecule has 2 aliphatic heterocycles. The van der Waals surface area contributed by atoms with Gasteiger partial charge in [0.15, 0.2) is 45.9 Å². The molecule has 0 amide bonds. The van der Waals surface area contributed by atoms with E-state index in [0.717, 1.165) is 36.8 Å². The summed E-state index contributed by atoms with van der Waals surface area (Å²) in [5.74, 6) is -3.90. The predicted molar refractivity (Wildman–Crippen MR) is 162 cm³/mol. The van der Waals surface area contributed by atoms with E-state index in [4.69, 9.17) is 13.9 Å². The first-order valence-corrected chi connectivity index (χ1v) is 14.8. The minimum Gasteiger partial charge on any atom is -0.487 e. The van der Waals surface area contributed by atoms with Gasteiger partial charge in [-0.05, 0) is 113 Å². The first-order valence-electron chi connectivity index (χ1n) is 14.8. The van der Waals surface area contributed by atoms with Crippen LogP contribution in [0.1, 0.15) is 60.1 Å². The molecular weight excluding hydrogens is 594 g/mol. The van der Waals surface area contributed by atoms with E-state index in [-0.39, 0.29) is 34.9 Å². The summed E-state index contributed by atoms with van der Waals surface area (Å²) in [6.07, 6.45) is 3.18. The van der Waals surface area contributed by atoms with Crippen molar-refractivity contribution < 1.29 is 40.2 Å². The van der Waals surface area contributed by atoms with Gasteiger partial charge >= 0.3 is 0 Å². The smallest absolute Gasteiger partial charge is 0.201 e. The van der Waals surface area contributed by atoms with Crippen LogP contribution in [0.4, 0.5) is 26.3 Å². The van der Waals surface area contributed by atoms with Gasteiger partial charge in [0.1, 0.15) is 0 Å². The fourth-order valence-electron chi connectivity index (χ4n) is 5.51. The van der Waals surface area contributed by atoms with Gasteiger partial charge in [-0.3, -0.25) is 0 Å². The highest BCUT2D eigenvalue weighted by Gasteiger charge is 2.25. The van der Waals surface area contributed by atoms with Crippen LogP contribution >= 0.6 is 0 Å². The molecule has 7 rings (SSSR count). The van der Waals surface area contributed by atoms with Crippen LogP contribution in [0.3, 0.4) is 0 Å². The number of aryl methyl sites for hydroxylation is 6. The van der Waals surface area contributed by atoms with Crippen molar-refractivity contribution in [2.24, 2.45) is 0 Å². The first kappa shape index (κ1) is 32.3. The maximum absolute atomic E-state index is 13.9. The van der Waals surface area contributed by atoms with E-state index in [1.165, 1.54) is 0 Å². The van der Waals surface area contributed by atoms with Crippen LogP contribution < -0.4 is 9.47 Å². The van der Waals surface area contributed by atoms with Gasteiger partial charge in [0.05, 0.1) is 12.2 Å². The summed E-state index contributed by atoms with van der Waals surface area (Å²) < 4.78 is 96.8. The second-order valence-corrected chi connectivity index (χ2v) is 11.8. The average Bonchev–Trinajstić information content (AvgIpc) is 3.40. The Hall–Kier alpha value is -4.14. The molecule has 9 heteroatoms. The number of ether oxygens (including phenoxy) is 2. The van der Waals surface area contributed by atoms with Crippen LogP contribution in [-0.2, 0) is 12.8 Å². The zero-order valence-corrected chi connectivity index (χ0v) is 25.9. The van der Waals surface area contributed by atoms with Crippen LogP contribution in [0.2, 0.25) is 0 Å². The molecule has 1 aromatic heterocycles. The lowest BCUT2D eigenvalue weighted by Gasteiger charge is -2.24. The summed E-state index contributed by atoms with van der Waals surface area (Å²) in [5, 5.41) is 1.23. The molecule has 0 radical (unpaired) electrons. The van der Waals surface area contributed by atoms with Crippen molar-refractivity contribution in [3.05, 3.63) is 105 Å². The molecule has 0 aliphatic carbocycles. The van der Waals surface area contributed by atoms with Crippen molar-refractivity contribution in [2.75, 3.05) is 0 Å². The monoisotopic (exact) mass is 628 g/mol. The third-order valence-corrected chi connectivity index (χ3v) is 8.19. The minimum absolute atomic E-state index is 0.0286. The number of fused-ring (bicyclic) bond motifs is 5. The number of rotatable bonds is 0. The highest BCUT2D eigenvalue weighted by Crippen LogP contribution is 2.35. The summed E-state index contributed by atoms with van der Waals surface area (Å²) in [4.78, 5) is 0. The fraction of sp³-hybridized carbons (Fsp3) is 0.333. The van der Waals surface area contributed by atoms with Gasteiger partial charge in [-0.2, -0.15) is 8.78 Å². The van der Waals surface area contributed by atoms with Crippen LogP contribution in [0.25, 0.3) is 21.9 Å². The van der Waals surface area contributed by atoms with Crippen LogP contribution in [-0.4, -0.2) is 12.2 Å². The van der Waals surface area contributed by atoms with E-state index in [1.807, 2.05) is 13.8 Å². The molecule has 4 aromatic carbocycles. The highest BCUT2D eigenvalue weighted by atomic mass is 19.2. The van der Waals surface area contributed by atoms with Crippen LogP contribution in [0.15, 0.2) is 40.8 Å². The molecule has 238 valence electrons. The molecular formula is C36H34F6O3. The van der Waals surface area contributed by atoms with Gasteiger partial charge in [0.25, 0.3) is 0 Å². The number of hydrogen-bond donors (Lipinski definition) is 0. The Morgan fingerprint density at radius 2 is 0.889 bits per heavy atom. The molecule has 45 heavy (non-hydrogen) atoms. The lowest BCUT2D eigenvalue weighted by molar-refractivity contribution is 0.180. The second kappa shape index (κ2) is 12.7. The lowest BCUT2D eigenvalue weighted by Crippen LogP contribution is -2.20. The Bertz CT molecular complexity index is 1780. The van der Waals surface area contributed by atoms with Crippen molar-refractivity contribution in [1.82, 2.24) is 0 Å². The van der Waals surface area contributed by atoms with E-state index < -0.39 is 34.9 Å². The van der Waals surface area contributed by atoms with Crippen molar-refractivity contribution in [3.8, 4) is 11.5 Å². The Kier molecular flexibility index (Phi) is 9.10. The summed E-state index contributed by atoms with van der Waals surface area (Å²) in [6, 6.07) is 10.2. The maximum atomic E-state index is 13.9. The molecule has 3 heterocycles. The Balaban J connectivity index is 0.000000134. The van der Waals surface area contributed by atoms with E-state index >= 15 is 0 Å². The fourth-order valence-corrected chi connectivity index (χ4v) is 5.51. The van der Waals surface area contributed by atoms with Gasteiger partial charge in [0.2, 0.25) is 11.6 Å². The normalized spacial score (nSPS) is 16.9. The maximum Gasteiger partial charge on any atom is 0.201 e. The summed E-state index contributed by atoms with van der Waals surface area (Å²) in [7, 11) is 0. The van der Waals surface area contributed by atoms with E-state index in [0.29, 0.717) is 33.0 Å². The molecule has 5 aromatic rings. The van der Waals surface area contributed by atoms with Crippen molar-refractivity contribution in [3.63, 3.8) is 0 Å². The van der Waals surface area contributed by atoms with Crippen LogP contribution in [0.5, 0.6) is 11.5 Å². The molecule has 3 nitrogen and oxygen atoms in total. The predicted octanol–water partition coefficient (Wildman–Crippen LogP) is 10.5. The molecule has 0 saturated carbocycles. The summed E-state index contributed by atoms with van der Waals surface area (Å²) >= 11 is 0. The zero-order chi connectivity index (χ0) is 32.7. The standard InChI is InChI=1S/C14H10F2O.2C11H12F2O/c1-7-3-5-9-10-6-4-8(2)12(16)14(10)17-13(9)11(7)15;2*1-6-5-8-4-3-7(2)14-11(8)10(13)9(6)12/h3-6H,1-2H3;2*5,7H,3-4H2,1-2H3. The minimum atomic E-state index is -0.841. The largest absolute Gasteiger partial charge is 0.487 e. The molecule has 2 unspecified atom stereocenters. The third kappa shape index (κ3) is 6.22. The Morgan fingerprint density at radius 3 is 1.27 bits per heavy atom. The molecule has 0 fully saturated rings. The van der Waals surface area contributed by atoms with Crippen molar-refractivity contribution >= 4 is 21.9 Å². The molecule has 2 aliphatic rings. The number of halogens is 6. The topological polar surface area (TPSA) is 31.6 Å². The Morgan fingerprint density at radius 1 is 0.511 bits per heavy atom. The second-order valence-electron chi connectivity index (χ2n) is 11.8. The van der Waals surface area contributed by atoms with Gasteiger partial charge < -0.3 is 13.9 Å². The molecule has 0 spiro atoms. The number of benzene rings is 4. The first-order chi connectivity index (χ1) is 21.3. The molecule has 2 atom stereocenters. The highest BCUT2D eigenvalue weighted by molar-refractivity contribution is 6.05. The van der Waals surface area contributed by atoms with Crippen molar-refractivity contribution in [2.45, 2.75) is 79.4 Å². The molecule has 0 N–H and O–H groups in total.